The Hall–Kier alpha value is -4.04. The second kappa shape index (κ2) is 8.76. The van der Waals surface area contributed by atoms with Crippen molar-refractivity contribution in [1.82, 2.24) is 19.5 Å². The molecule has 0 saturated heterocycles. The summed E-state index contributed by atoms with van der Waals surface area (Å²) in [5.74, 6) is -0.966. The van der Waals surface area contributed by atoms with Crippen LogP contribution in [0.25, 0.3) is 23.0 Å². The molecule has 1 N–H and O–H groups in total. The van der Waals surface area contributed by atoms with Crippen LogP contribution < -0.4 is 10.4 Å². The minimum absolute atomic E-state index is 0.0158. The van der Waals surface area contributed by atoms with Crippen LogP contribution in [0.1, 0.15) is 5.56 Å². The van der Waals surface area contributed by atoms with Crippen LogP contribution in [-0.2, 0) is 4.79 Å². The van der Waals surface area contributed by atoms with Crippen LogP contribution in [0.4, 0.5) is 16.0 Å². The number of aromatic nitrogens is 4. The van der Waals surface area contributed by atoms with Crippen LogP contribution >= 0.6 is 11.6 Å². The van der Waals surface area contributed by atoms with Crippen molar-refractivity contribution in [3.8, 4) is 16.9 Å². The van der Waals surface area contributed by atoms with Gasteiger partial charge >= 0.3 is 0 Å². The fourth-order valence-corrected chi connectivity index (χ4v) is 3.08. The predicted octanol–water partition coefficient (Wildman–Crippen LogP) is 3.63. The van der Waals surface area contributed by atoms with Gasteiger partial charge in [-0.25, -0.2) is 14.4 Å². The molecule has 0 fully saturated rings. The molecule has 0 aliphatic rings. The minimum Gasteiger partial charge on any atom is -0.545 e. The van der Waals surface area contributed by atoms with E-state index in [1.807, 2.05) is 12.1 Å². The summed E-state index contributed by atoms with van der Waals surface area (Å²) >= 11 is 5.84. The third kappa shape index (κ3) is 4.76. The topological polar surface area (TPSA) is 95.8 Å². The number of imidazole rings is 1. The van der Waals surface area contributed by atoms with Gasteiger partial charge in [0.25, 0.3) is 0 Å². The summed E-state index contributed by atoms with van der Waals surface area (Å²) in [5.41, 5.74) is 2.69. The number of carbonyl (C=O) groups is 1. The Kier molecular flexibility index (Phi) is 5.72. The maximum absolute atomic E-state index is 13.4. The molecule has 0 saturated carbocycles. The fraction of sp³-hybridized carbons (Fsp3) is 0. The lowest BCUT2D eigenvalue weighted by Gasteiger charge is -2.13. The summed E-state index contributed by atoms with van der Waals surface area (Å²) in [4.78, 5) is 23.7. The summed E-state index contributed by atoms with van der Waals surface area (Å²) < 4.78 is 15.1. The number of aliphatic carboxylic acids is 1. The van der Waals surface area contributed by atoms with E-state index in [2.05, 4.69) is 20.3 Å². The summed E-state index contributed by atoms with van der Waals surface area (Å²) in [5, 5.41) is 13.7. The molecule has 2 aromatic carbocycles. The molecule has 0 atom stereocenters. The van der Waals surface area contributed by atoms with Crippen LogP contribution in [0.15, 0.2) is 73.5 Å². The molecule has 0 aliphatic heterocycles. The van der Waals surface area contributed by atoms with Crippen LogP contribution in [0.3, 0.4) is 0 Å². The highest BCUT2D eigenvalue weighted by molar-refractivity contribution is 6.31. The minimum atomic E-state index is -1.27. The molecule has 9 heteroatoms. The first kappa shape index (κ1) is 20.2. The first-order valence-corrected chi connectivity index (χ1v) is 9.44. The zero-order valence-electron chi connectivity index (χ0n) is 15.9. The number of nitrogens with one attached hydrogen (secondary N) is 1. The zero-order chi connectivity index (χ0) is 21.8. The summed E-state index contributed by atoms with van der Waals surface area (Å²) in [6.45, 7) is 0. The highest BCUT2D eigenvalue weighted by atomic mass is 35.5. The van der Waals surface area contributed by atoms with E-state index >= 15 is 0 Å². The largest absolute Gasteiger partial charge is 0.545 e. The lowest BCUT2D eigenvalue weighted by molar-refractivity contribution is -0.297. The highest BCUT2D eigenvalue weighted by Gasteiger charge is 2.12. The zero-order valence-corrected chi connectivity index (χ0v) is 16.6. The lowest BCUT2D eigenvalue weighted by Crippen LogP contribution is -2.18. The monoisotopic (exact) mass is 434 g/mol. The van der Waals surface area contributed by atoms with Gasteiger partial charge in [0.05, 0.1) is 11.0 Å². The number of carbonyl (C=O) groups excluding carboxylic acids is 1. The molecule has 0 unspecified atom stereocenters. The molecule has 0 bridgehead atoms. The average molecular weight is 435 g/mol. The SMILES string of the molecule is O=C([O-])/C=C/c1cccc(-c2cnc(Nc3ccc(F)c(Cl)c3)nc2-n2ccnc2)c1. The van der Waals surface area contributed by atoms with Crippen molar-refractivity contribution < 1.29 is 14.3 Å². The summed E-state index contributed by atoms with van der Waals surface area (Å²) in [6, 6.07) is 11.5. The van der Waals surface area contributed by atoms with Gasteiger partial charge in [0, 0.05) is 29.8 Å². The van der Waals surface area contributed by atoms with E-state index in [1.54, 1.807) is 41.6 Å². The van der Waals surface area contributed by atoms with Gasteiger partial charge in [-0.1, -0.05) is 35.9 Å². The predicted molar refractivity (Wildman–Crippen MR) is 113 cm³/mol. The molecule has 0 radical (unpaired) electrons. The third-order valence-corrected chi connectivity index (χ3v) is 4.59. The third-order valence-electron chi connectivity index (χ3n) is 4.30. The molecule has 4 aromatic rings. The highest BCUT2D eigenvalue weighted by Crippen LogP contribution is 2.28. The van der Waals surface area contributed by atoms with E-state index in [0.29, 0.717) is 22.6 Å². The molecule has 0 spiro atoms. The Bertz CT molecular complexity index is 1270. The van der Waals surface area contributed by atoms with Gasteiger partial charge < -0.3 is 15.2 Å². The smallest absolute Gasteiger partial charge is 0.229 e. The number of nitrogens with zero attached hydrogens (tertiary/aromatic N) is 4. The van der Waals surface area contributed by atoms with Gasteiger partial charge in [0.2, 0.25) is 5.95 Å². The first-order valence-electron chi connectivity index (χ1n) is 9.06. The van der Waals surface area contributed by atoms with Crippen molar-refractivity contribution in [3.05, 3.63) is 89.9 Å². The maximum atomic E-state index is 13.4. The molecule has 2 aromatic heterocycles. The van der Waals surface area contributed by atoms with E-state index in [0.717, 1.165) is 11.6 Å². The number of halogens is 2. The van der Waals surface area contributed by atoms with Gasteiger partial charge in [-0.15, -0.1) is 0 Å². The van der Waals surface area contributed by atoms with Crippen molar-refractivity contribution in [2.24, 2.45) is 0 Å². The normalized spacial score (nSPS) is 11.0. The van der Waals surface area contributed by atoms with Gasteiger partial charge in [0.15, 0.2) is 5.82 Å². The molecular weight excluding hydrogens is 421 g/mol. The number of benzene rings is 2. The van der Waals surface area contributed by atoms with Crippen LogP contribution in [-0.4, -0.2) is 25.5 Å². The standard InChI is InChI=1S/C22H15ClFN5O2/c23-18-11-16(5-6-19(18)24)27-22-26-12-17(21(28-22)29-9-8-25-13-29)15-3-1-2-14(10-15)4-7-20(30)31/h1-13H,(H,30,31)(H,26,27,28)/p-1/b7-4+. The van der Waals surface area contributed by atoms with Gasteiger partial charge in [-0.05, 0) is 41.5 Å². The van der Waals surface area contributed by atoms with E-state index in [-0.39, 0.29) is 11.0 Å². The van der Waals surface area contributed by atoms with E-state index < -0.39 is 11.8 Å². The second-order valence-corrected chi connectivity index (χ2v) is 6.84. The van der Waals surface area contributed by atoms with Crippen molar-refractivity contribution in [3.63, 3.8) is 0 Å². The van der Waals surface area contributed by atoms with E-state index in [4.69, 9.17) is 11.6 Å². The summed E-state index contributed by atoms with van der Waals surface area (Å²) in [7, 11) is 0. The number of carboxylic acid groups (broad SMARTS) is 1. The summed E-state index contributed by atoms with van der Waals surface area (Å²) in [6.07, 6.45) is 9.02. The van der Waals surface area contributed by atoms with Gasteiger partial charge in [0.1, 0.15) is 12.1 Å². The molecule has 4 rings (SSSR count). The Balaban J connectivity index is 1.74. The molecule has 0 aliphatic carbocycles. The van der Waals surface area contributed by atoms with Gasteiger partial charge in [-0.3, -0.25) is 4.57 Å². The second-order valence-electron chi connectivity index (χ2n) is 6.43. The van der Waals surface area contributed by atoms with Crippen molar-refractivity contribution in [2.75, 3.05) is 5.32 Å². The Morgan fingerprint density at radius 2 is 2.10 bits per heavy atom. The molecule has 2 heterocycles. The number of carboxylic acids is 1. The molecule has 0 amide bonds. The van der Waals surface area contributed by atoms with Crippen molar-refractivity contribution >= 4 is 35.3 Å². The molecule has 7 nitrogen and oxygen atoms in total. The Morgan fingerprint density at radius 3 is 2.84 bits per heavy atom. The van der Waals surface area contributed by atoms with Crippen LogP contribution in [0, 0.1) is 5.82 Å². The maximum Gasteiger partial charge on any atom is 0.229 e. The Morgan fingerprint density at radius 1 is 1.23 bits per heavy atom. The number of hydrogen-bond donors (Lipinski definition) is 1. The van der Waals surface area contributed by atoms with Crippen molar-refractivity contribution in [2.45, 2.75) is 0 Å². The molecule has 154 valence electrons. The fourth-order valence-electron chi connectivity index (χ4n) is 2.90. The molecular formula is C22H14ClFN5O2-. The van der Waals surface area contributed by atoms with E-state index in [9.17, 15) is 14.3 Å². The van der Waals surface area contributed by atoms with Crippen LogP contribution in [0.5, 0.6) is 0 Å². The number of rotatable bonds is 6. The number of anilines is 2. The number of hydrogen-bond acceptors (Lipinski definition) is 6. The van der Waals surface area contributed by atoms with E-state index in [1.165, 1.54) is 24.3 Å². The molecule has 31 heavy (non-hydrogen) atoms. The average Bonchev–Trinajstić information content (AvgIpc) is 3.30. The first-order chi connectivity index (χ1) is 15.0. The van der Waals surface area contributed by atoms with Gasteiger partial charge in [-0.2, -0.15) is 4.98 Å². The quantitative estimate of drug-likeness (QED) is 0.465. The Labute approximate surface area is 181 Å². The lowest BCUT2D eigenvalue weighted by atomic mass is 10.0. The van der Waals surface area contributed by atoms with Crippen LogP contribution in [0.2, 0.25) is 5.02 Å². The van der Waals surface area contributed by atoms with Crippen molar-refractivity contribution in [1.29, 1.82) is 0 Å².